The van der Waals surface area contributed by atoms with E-state index in [1.807, 2.05) is 6.92 Å². The van der Waals surface area contributed by atoms with Gasteiger partial charge in [-0.3, -0.25) is 0 Å². The SMILES string of the molecule is C=C1C(=O)OC2/C=C(/C)C3OC3/C=C(/C(=O)OC)C(O)C(OC(=O)C3(C)OC3C)C12. The molecule has 0 saturated carbocycles. The molecule has 0 aromatic heterocycles. The number of carbonyl (C=O) groups is 3. The molecule has 1 N–H and O–H groups in total. The highest BCUT2D eigenvalue weighted by atomic mass is 16.7. The Labute approximate surface area is 173 Å². The summed E-state index contributed by atoms with van der Waals surface area (Å²) in [5.74, 6) is -3.09. The van der Waals surface area contributed by atoms with Crippen LogP contribution in [0.25, 0.3) is 0 Å². The topological polar surface area (TPSA) is 124 Å². The number of epoxide rings is 2. The van der Waals surface area contributed by atoms with Gasteiger partial charge < -0.3 is 28.8 Å². The molecule has 3 heterocycles. The monoisotopic (exact) mass is 420 g/mol. The number of hydrogen-bond acceptors (Lipinski definition) is 9. The van der Waals surface area contributed by atoms with Crippen LogP contribution in [0.1, 0.15) is 20.8 Å². The molecular formula is C21H24O9. The first-order valence-electron chi connectivity index (χ1n) is 9.69. The van der Waals surface area contributed by atoms with Gasteiger partial charge in [-0.15, -0.1) is 0 Å². The summed E-state index contributed by atoms with van der Waals surface area (Å²) in [6.07, 6.45) is -1.75. The Morgan fingerprint density at radius 1 is 1.27 bits per heavy atom. The van der Waals surface area contributed by atoms with Crippen LogP contribution in [0.15, 0.2) is 35.5 Å². The fourth-order valence-corrected chi connectivity index (χ4v) is 3.98. The average molecular weight is 420 g/mol. The standard InChI is InChI=1S/C21H24O9/c1-8-6-12-14(9(2)18(23)28-12)17(29-20(25)21(4)10(3)30-21)15(22)11(19(24)26-5)7-13-16(8)27-13/h6-7,10,12-17,22H,2H2,1,3-5H3/b8-6-,11-7+. The third kappa shape index (κ3) is 3.27. The van der Waals surface area contributed by atoms with E-state index in [-0.39, 0.29) is 23.4 Å². The third-order valence-corrected chi connectivity index (χ3v) is 6.20. The van der Waals surface area contributed by atoms with Crippen LogP contribution in [0.3, 0.4) is 0 Å². The smallest absolute Gasteiger partial charge is 0.341 e. The maximum absolute atomic E-state index is 12.8. The van der Waals surface area contributed by atoms with Gasteiger partial charge in [0.2, 0.25) is 0 Å². The molecule has 8 atom stereocenters. The molecule has 9 heteroatoms. The molecule has 0 bridgehead atoms. The Morgan fingerprint density at radius 3 is 2.53 bits per heavy atom. The molecule has 3 fully saturated rings. The minimum atomic E-state index is -1.60. The Morgan fingerprint density at radius 2 is 1.93 bits per heavy atom. The minimum Gasteiger partial charge on any atom is -0.466 e. The van der Waals surface area contributed by atoms with Gasteiger partial charge >= 0.3 is 17.9 Å². The molecule has 3 saturated heterocycles. The van der Waals surface area contributed by atoms with E-state index in [0.717, 1.165) is 5.57 Å². The highest BCUT2D eigenvalue weighted by molar-refractivity contribution is 5.93. The lowest BCUT2D eigenvalue weighted by Gasteiger charge is -2.31. The van der Waals surface area contributed by atoms with E-state index in [4.69, 9.17) is 23.7 Å². The molecule has 0 aromatic carbocycles. The van der Waals surface area contributed by atoms with Crippen molar-refractivity contribution in [3.05, 3.63) is 35.5 Å². The molecule has 0 amide bonds. The molecule has 1 aliphatic carbocycles. The molecule has 162 valence electrons. The van der Waals surface area contributed by atoms with Crippen LogP contribution in [-0.2, 0) is 38.1 Å². The average Bonchev–Trinajstić information content (AvgIpc) is 3.58. The number of methoxy groups -OCH3 is 1. The summed E-state index contributed by atoms with van der Waals surface area (Å²) in [5.41, 5.74) is -0.473. The first kappa shape index (κ1) is 20.8. The van der Waals surface area contributed by atoms with Crippen LogP contribution < -0.4 is 0 Å². The first-order chi connectivity index (χ1) is 14.1. The number of fused-ring (bicyclic) bond motifs is 2. The van der Waals surface area contributed by atoms with Gasteiger partial charge in [-0.25, -0.2) is 14.4 Å². The van der Waals surface area contributed by atoms with Crippen molar-refractivity contribution in [3.63, 3.8) is 0 Å². The quantitative estimate of drug-likeness (QED) is 0.227. The van der Waals surface area contributed by atoms with E-state index in [0.29, 0.717) is 0 Å². The predicted molar refractivity (Wildman–Crippen MR) is 99.9 cm³/mol. The fourth-order valence-electron chi connectivity index (χ4n) is 3.98. The van der Waals surface area contributed by atoms with Crippen molar-refractivity contribution >= 4 is 17.9 Å². The summed E-state index contributed by atoms with van der Waals surface area (Å²) in [7, 11) is 1.18. The zero-order chi connectivity index (χ0) is 22.0. The lowest BCUT2D eigenvalue weighted by Crippen LogP contribution is -2.46. The van der Waals surface area contributed by atoms with Gasteiger partial charge in [-0.2, -0.15) is 0 Å². The molecule has 0 spiro atoms. The molecule has 9 nitrogen and oxygen atoms in total. The van der Waals surface area contributed by atoms with Crippen molar-refractivity contribution in [2.45, 2.75) is 63.0 Å². The fraction of sp³-hybridized carbons (Fsp3) is 0.571. The van der Waals surface area contributed by atoms with Gasteiger partial charge in [0.15, 0.2) is 5.60 Å². The Balaban J connectivity index is 1.77. The number of rotatable bonds is 3. The summed E-state index contributed by atoms with van der Waals surface area (Å²) in [4.78, 5) is 37.5. The number of carbonyl (C=O) groups excluding carboxylic acids is 3. The van der Waals surface area contributed by atoms with Crippen LogP contribution in [0.2, 0.25) is 0 Å². The number of aliphatic hydroxyl groups excluding tert-OH is 1. The normalized spacial score (nSPS) is 45.6. The molecular weight excluding hydrogens is 396 g/mol. The number of hydrogen-bond donors (Lipinski definition) is 1. The maximum Gasteiger partial charge on any atom is 0.341 e. The van der Waals surface area contributed by atoms with Gasteiger partial charge in [0.1, 0.15) is 30.5 Å². The van der Waals surface area contributed by atoms with Crippen LogP contribution in [-0.4, -0.2) is 72.3 Å². The zero-order valence-electron chi connectivity index (χ0n) is 17.1. The molecule has 3 aliphatic heterocycles. The Bertz CT molecular complexity index is 887. The molecule has 0 radical (unpaired) electrons. The largest absolute Gasteiger partial charge is 0.466 e. The van der Waals surface area contributed by atoms with Gasteiger partial charge in [-0.05, 0) is 38.5 Å². The van der Waals surface area contributed by atoms with Crippen molar-refractivity contribution < 1.29 is 43.2 Å². The Hall–Kier alpha value is -2.49. The van der Waals surface area contributed by atoms with E-state index in [9.17, 15) is 19.5 Å². The number of ether oxygens (including phenoxy) is 5. The summed E-state index contributed by atoms with van der Waals surface area (Å²) >= 11 is 0. The second-order valence-electron chi connectivity index (χ2n) is 8.15. The third-order valence-electron chi connectivity index (χ3n) is 6.20. The molecule has 8 unspecified atom stereocenters. The highest BCUT2D eigenvalue weighted by Crippen LogP contribution is 2.42. The van der Waals surface area contributed by atoms with Crippen molar-refractivity contribution in [2.75, 3.05) is 7.11 Å². The van der Waals surface area contributed by atoms with Crippen LogP contribution in [0, 0.1) is 5.92 Å². The second kappa shape index (κ2) is 7.04. The summed E-state index contributed by atoms with van der Waals surface area (Å²) in [5, 5.41) is 11.1. The highest BCUT2D eigenvalue weighted by Gasteiger charge is 2.59. The van der Waals surface area contributed by atoms with Gasteiger partial charge in [-0.1, -0.05) is 6.58 Å². The van der Waals surface area contributed by atoms with Gasteiger partial charge in [0.05, 0.1) is 24.7 Å². The molecule has 30 heavy (non-hydrogen) atoms. The molecule has 4 rings (SSSR count). The van der Waals surface area contributed by atoms with Crippen molar-refractivity contribution in [3.8, 4) is 0 Å². The zero-order valence-corrected chi connectivity index (χ0v) is 17.1. The van der Waals surface area contributed by atoms with Gasteiger partial charge in [0, 0.05) is 5.57 Å². The van der Waals surface area contributed by atoms with E-state index < -0.39 is 53.8 Å². The van der Waals surface area contributed by atoms with Crippen molar-refractivity contribution in [2.24, 2.45) is 5.92 Å². The number of aliphatic hydroxyl groups is 1. The maximum atomic E-state index is 12.8. The second-order valence-corrected chi connectivity index (χ2v) is 8.15. The summed E-state index contributed by atoms with van der Waals surface area (Å²) in [6.45, 7) is 8.86. The number of esters is 3. The van der Waals surface area contributed by atoms with Gasteiger partial charge in [0.25, 0.3) is 0 Å². The first-order valence-corrected chi connectivity index (χ1v) is 9.69. The van der Waals surface area contributed by atoms with Crippen molar-refractivity contribution in [1.82, 2.24) is 0 Å². The summed E-state index contributed by atoms with van der Waals surface area (Å²) in [6, 6.07) is 0. The van der Waals surface area contributed by atoms with Crippen LogP contribution in [0.4, 0.5) is 0 Å². The van der Waals surface area contributed by atoms with E-state index >= 15 is 0 Å². The molecule has 4 aliphatic rings. The van der Waals surface area contributed by atoms with E-state index in [2.05, 4.69) is 6.58 Å². The summed E-state index contributed by atoms with van der Waals surface area (Å²) < 4.78 is 26.8. The van der Waals surface area contributed by atoms with Crippen LogP contribution >= 0.6 is 0 Å². The van der Waals surface area contributed by atoms with Crippen LogP contribution in [0.5, 0.6) is 0 Å². The predicted octanol–water partition coefficient (Wildman–Crippen LogP) is 0.361. The minimum absolute atomic E-state index is 0.0360. The molecule has 0 aromatic rings. The lowest BCUT2D eigenvalue weighted by atomic mass is 9.83. The van der Waals surface area contributed by atoms with E-state index in [1.54, 1.807) is 19.9 Å². The Kier molecular flexibility index (Phi) is 4.87. The van der Waals surface area contributed by atoms with E-state index in [1.165, 1.54) is 13.2 Å². The van der Waals surface area contributed by atoms with Crippen molar-refractivity contribution in [1.29, 1.82) is 0 Å². The lowest BCUT2D eigenvalue weighted by molar-refractivity contribution is -0.165.